The van der Waals surface area contributed by atoms with Crippen molar-refractivity contribution in [3.63, 3.8) is 0 Å². The van der Waals surface area contributed by atoms with E-state index in [2.05, 4.69) is 4.98 Å². The van der Waals surface area contributed by atoms with E-state index in [0.29, 0.717) is 11.1 Å². The molecule has 140 valence electrons. The van der Waals surface area contributed by atoms with Gasteiger partial charge in [-0.25, -0.2) is 14.2 Å². The highest BCUT2D eigenvalue weighted by Crippen LogP contribution is 2.40. The third kappa shape index (κ3) is 3.69. The number of fused-ring (bicyclic) bond motifs is 1. The van der Waals surface area contributed by atoms with Crippen LogP contribution in [0.5, 0.6) is 11.6 Å². The molecule has 0 unspecified atom stereocenters. The number of rotatable bonds is 5. The highest BCUT2D eigenvalue weighted by atomic mass is 19.1. The summed E-state index contributed by atoms with van der Waals surface area (Å²) in [6, 6.07) is 10.9. The predicted molar refractivity (Wildman–Crippen MR) is 101 cm³/mol. The molecule has 0 radical (unpaired) electrons. The van der Waals surface area contributed by atoms with Crippen molar-refractivity contribution in [2.75, 3.05) is 0 Å². The van der Waals surface area contributed by atoms with E-state index < -0.39 is 12.1 Å². The fourth-order valence-corrected chi connectivity index (χ4v) is 2.94. The van der Waals surface area contributed by atoms with Crippen LogP contribution < -0.4 is 4.74 Å². The summed E-state index contributed by atoms with van der Waals surface area (Å²) in [7, 11) is 0. The van der Waals surface area contributed by atoms with Crippen LogP contribution in [-0.4, -0.2) is 27.3 Å². The maximum atomic E-state index is 13.4. The molecule has 2 aromatic carbocycles. The number of halogens is 1. The van der Waals surface area contributed by atoms with Gasteiger partial charge >= 0.3 is 5.97 Å². The van der Waals surface area contributed by atoms with Gasteiger partial charge in [-0.2, -0.15) is 0 Å². The number of hydrogen-bond acceptors (Lipinski definition) is 4. The van der Waals surface area contributed by atoms with Crippen molar-refractivity contribution in [2.24, 2.45) is 0 Å². The molecule has 1 atom stereocenters. The van der Waals surface area contributed by atoms with Gasteiger partial charge in [-0.15, -0.1) is 0 Å². The molecule has 27 heavy (non-hydrogen) atoms. The molecule has 3 aromatic rings. The Kier molecular flexibility index (Phi) is 4.99. The van der Waals surface area contributed by atoms with E-state index in [0.717, 1.165) is 16.5 Å². The summed E-state index contributed by atoms with van der Waals surface area (Å²) in [6.45, 7) is 5.35. The van der Waals surface area contributed by atoms with Gasteiger partial charge in [0.25, 0.3) is 0 Å². The number of pyridine rings is 1. The molecular weight excluding hydrogens is 349 g/mol. The minimum absolute atomic E-state index is 0.00532. The normalized spacial score (nSPS) is 12.3. The van der Waals surface area contributed by atoms with Crippen LogP contribution in [0.25, 0.3) is 21.9 Å². The van der Waals surface area contributed by atoms with Crippen molar-refractivity contribution in [1.82, 2.24) is 4.98 Å². The van der Waals surface area contributed by atoms with E-state index in [4.69, 9.17) is 9.84 Å². The molecule has 0 aliphatic rings. The van der Waals surface area contributed by atoms with Gasteiger partial charge in [0, 0.05) is 10.9 Å². The number of carbonyl (C=O) groups is 1. The summed E-state index contributed by atoms with van der Waals surface area (Å²) < 4.78 is 19.0. The Hall–Kier alpha value is -3.15. The largest absolute Gasteiger partial charge is 0.508 e. The first-order valence-electron chi connectivity index (χ1n) is 8.60. The zero-order valence-electron chi connectivity index (χ0n) is 15.2. The average Bonchev–Trinajstić information content (AvgIpc) is 2.62. The van der Waals surface area contributed by atoms with Crippen LogP contribution in [0.2, 0.25) is 0 Å². The lowest BCUT2D eigenvalue weighted by Gasteiger charge is -2.19. The maximum Gasteiger partial charge on any atom is 0.344 e. The van der Waals surface area contributed by atoms with Crippen LogP contribution in [0.15, 0.2) is 42.5 Å². The second kappa shape index (κ2) is 7.23. The average molecular weight is 369 g/mol. The Morgan fingerprint density at radius 3 is 2.33 bits per heavy atom. The third-order valence-corrected chi connectivity index (χ3v) is 4.30. The molecule has 2 N–H and O–H groups in total. The van der Waals surface area contributed by atoms with Crippen LogP contribution in [0.4, 0.5) is 4.39 Å². The number of benzene rings is 2. The van der Waals surface area contributed by atoms with Gasteiger partial charge in [-0.3, -0.25) is 0 Å². The van der Waals surface area contributed by atoms with Crippen molar-refractivity contribution in [1.29, 1.82) is 0 Å². The second-order valence-corrected chi connectivity index (χ2v) is 6.67. The lowest BCUT2D eigenvalue weighted by molar-refractivity contribution is -0.144. The van der Waals surface area contributed by atoms with Crippen LogP contribution in [0.1, 0.15) is 32.4 Å². The topological polar surface area (TPSA) is 79.7 Å². The molecule has 0 bridgehead atoms. The van der Waals surface area contributed by atoms with E-state index in [9.17, 15) is 14.3 Å². The lowest BCUT2D eigenvalue weighted by atomic mass is 9.92. The van der Waals surface area contributed by atoms with E-state index >= 15 is 0 Å². The van der Waals surface area contributed by atoms with Gasteiger partial charge in [0.05, 0.1) is 5.69 Å². The van der Waals surface area contributed by atoms with Gasteiger partial charge in [0.2, 0.25) is 5.88 Å². The molecule has 0 amide bonds. The minimum Gasteiger partial charge on any atom is -0.508 e. The van der Waals surface area contributed by atoms with Crippen LogP contribution in [0.3, 0.4) is 0 Å². The first-order valence-corrected chi connectivity index (χ1v) is 8.60. The molecule has 3 rings (SSSR count). The van der Waals surface area contributed by atoms with Crippen LogP contribution >= 0.6 is 0 Å². The number of aromatic nitrogens is 1. The fraction of sp³-hybridized carbons (Fsp3) is 0.238. The molecule has 0 fully saturated rings. The molecule has 5 nitrogen and oxygen atoms in total. The quantitative estimate of drug-likeness (QED) is 0.680. The number of carboxylic acid groups (broad SMARTS) is 1. The smallest absolute Gasteiger partial charge is 0.344 e. The molecule has 0 aliphatic heterocycles. The third-order valence-electron chi connectivity index (χ3n) is 4.30. The van der Waals surface area contributed by atoms with E-state index in [1.54, 1.807) is 24.3 Å². The number of phenolic OH excluding ortho intramolecular Hbond substituents is 1. The Bertz CT molecular complexity index is 999. The minimum atomic E-state index is -1.11. The van der Waals surface area contributed by atoms with Gasteiger partial charge < -0.3 is 14.9 Å². The van der Waals surface area contributed by atoms with E-state index in [1.165, 1.54) is 25.1 Å². The van der Waals surface area contributed by atoms with Gasteiger partial charge in [0.1, 0.15) is 11.6 Å². The second-order valence-electron chi connectivity index (χ2n) is 6.67. The predicted octanol–water partition coefficient (Wildman–Crippen LogP) is 4.72. The molecule has 1 aromatic heterocycles. The molecule has 0 saturated heterocycles. The SMILES string of the molecule is CC(C)c1nc(O[C@@H](C)C(=O)O)c2cc(O)ccc2c1-c1ccc(F)cc1. The first kappa shape index (κ1) is 18.6. The Morgan fingerprint density at radius 1 is 1.07 bits per heavy atom. The summed E-state index contributed by atoms with van der Waals surface area (Å²) in [5.41, 5.74) is 2.28. The molecule has 0 spiro atoms. The summed E-state index contributed by atoms with van der Waals surface area (Å²) in [5, 5.41) is 20.3. The first-order chi connectivity index (χ1) is 12.8. The van der Waals surface area contributed by atoms with Gasteiger partial charge in [-0.05, 0) is 54.1 Å². The van der Waals surface area contributed by atoms with Crippen molar-refractivity contribution in [3.05, 3.63) is 54.0 Å². The molecule has 6 heteroatoms. The summed E-state index contributed by atoms with van der Waals surface area (Å²) >= 11 is 0. The monoisotopic (exact) mass is 369 g/mol. The summed E-state index contributed by atoms with van der Waals surface area (Å²) in [4.78, 5) is 15.8. The highest BCUT2D eigenvalue weighted by Gasteiger charge is 2.22. The molecule has 0 saturated carbocycles. The number of nitrogens with zero attached hydrogens (tertiary/aromatic N) is 1. The molecule has 1 heterocycles. The number of hydrogen-bond donors (Lipinski definition) is 2. The number of phenols is 1. The number of ether oxygens (including phenoxy) is 1. The van der Waals surface area contributed by atoms with Crippen LogP contribution in [-0.2, 0) is 4.79 Å². The Labute approximate surface area is 156 Å². The standard InChI is InChI=1S/C21H20FNO4/c1-11(2)19-18(13-4-6-14(22)7-5-13)16-9-8-15(24)10-17(16)20(23-19)27-12(3)21(25)26/h4-12,24H,1-3H3,(H,25,26)/t12-/m0/s1. The summed E-state index contributed by atoms with van der Waals surface area (Å²) in [5.74, 6) is -1.29. The number of aromatic hydroxyl groups is 1. The number of carboxylic acids is 1. The fourth-order valence-electron chi connectivity index (χ4n) is 2.94. The van der Waals surface area contributed by atoms with E-state index in [-0.39, 0.29) is 23.4 Å². The van der Waals surface area contributed by atoms with E-state index in [1.807, 2.05) is 13.8 Å². The number of aliphatic carboxylic acids is 1. The summed E-state index contributed by atoms with van der Waals surface area (Å²) in [6.07, 6.45) is -1.10. The van der Waals surface area contributed by atoms with Crippen LogP contribution in [0, 0.1) is 5.82 Å². The zero-order valence-corrected chi connectivity index (χ0v) is 15.2. The zero-order chi connectivity index (χ0) is 19.7. The van der Waals surface area contributed by atoms with Crippen molar-refractivity contribution >= 4 is 16.7 Å². The molecule has 0 aliphatic carbocycles. The highest BCUT2D eigenvalue weighted by molar-refractivity contribution is 6.01. The Morgan fingerprint density at radius 2 is 1.74 bits per heavy atom. The maximum absolute atomic E-state index is 13.4. The van der Waals surface area contributed by atoms with Crippen molar-refractivity contribution in [2.45, 2.75) is 32.8 Å². The van der Waals surface area contributed by atoms with Gasteiger partial charge in [0.15, 0.2) is 6.10 Å². The molecular formula is C21H20FNO4. The lowest BCUT2D eigenvalue weighted by Crippen LogP contribution is -2.23. The van der Waals surface area contributed by atoms with Crippen molar-refractivity contribution < 1.29 is 24.1 Å². The Balaban J connectivity index is 2.33. The van der Waals surface area contributed by atoms with Crippen molar-refractivity contribution in [3.8, 4) is 22.8 Å². The van der Waals surface area contributed by atoms with Gasteiger partial charge in [-0.1, -0.05) is 26.0 Å².